The minimum absolute atomic E-state index is 0.0802. The van der Waals surface area contributed by atoms with Crippen LogP contribution in [0.25, 0.3) is 10.8 Å². The van der Waals surface area contributed by atoms with Crippen molar-refractivity contribution in [2.24, 2.45) is 0 Å². The molecule has 0 amide bonds. The number of benzene rings is 1. The average molecular weight is 226 g/mol. The number of fused-ring (bicyclic) bond motifs is 1. The average Bonchev–Trinajstić information content (AvgIpc) is 2.29. The van der Waals surface area contributed by atoms with E-state index in [1.165, 1.54) is 0 Å². The van der Waals surface area contributed by atoms with E-state index in [2.05, 4.69) is 5.92 Å². The van der Waals surface area contributed by atoms with Gasteiger partial charge < -0.3 is 5.73 Å². The Labute approximate surface area is 99.9 Å². The smallest absolute Gasteiger partial charge is 0.260 e. The van der Waals surface area contributed by atoms with E-state index in [0.717, 1.165) is 5.39 Å². The van der Waals surface area contributed by atoms with Crippen molar-refractivity contribution in [2.75, 3.05) is 5.73 Å². The first kappa shape index (κ1) is 11.3. The summed E-state index contributed by atoms with van der Waals surface area (Å²) in [5.74, 6) is 3.01. The molecule has 0 spiro atoms. The highest BCUT2D eigenvalue weighted by molar-refractivity contribution is 5.83. The van der Waals surface area contributed by atoms with Crippen LogP contribution in [-0.4, -0.2) is 4.57 Å². The van der Waals surface area contributed by atoms with Gasteiger partial charge in [0.25, 0.3) is 5.56 Å². The van der Waals surface area contributed by atoms with Crippen molar-refractivity contribution in [1.29, 1.82) is 0 Å². The minimum Gasteiger partial charge on any atom is -0.385 e. The summed E-state index contributed by atoms with van der Waals surface area (Å²) in [6.07, 6.45) is 5.76. The molecule has 2 aromatic rings. The predicted molar refractivity (Wildman–Crippen MR) is 70.8 cm³/mol. The number of rotatable bonds is 2. The standard InChI is InChI=1S/C14H14N2O/c1-3-6-10(2)16-13(15)9-11-7-4-5-8-12(11)14(16)17/h1,4-5,7-10H,6,15H2,2H3. The summed E-state index contributed by atoms with van der Waals surface area (Å²) < 4.78 is 1.56. The molecule has 0 bridgehead atoms. The predicted octanol–water partition coefficient (Wildman–Crippen LogP) is 2.17. The number of hydrogen-bond donors (Lipinski definition) is 1. The fraction of sp³-hybridized carbons (Fsp3) is 0.214. The third-order valence-corrected chi connectivity index (χ3v) is 2.85. The van der Waals surface area contributed by atoms with Gasteiger partial charge in [-0.2, -0.15) is 0 Å². The molecule has 0 saturated carbocycles. The zero-order valence-electron chi connectivity index (χ0n) is 9.68. The Hall–Kier alpha value is -2.21. The highest BCUT2D eigenvalue weighted by Crippen LogP contribution is 2.18. The van der Waals surface area contributed by atoms with E-state index in [0.29, 0.717) is 17.6 Å². The van der Waals surface area contributed by atoms with Gasteiger partial charge in [0, 0.05) is 17.8 Å². The van der Waals surface area contributed by atoms with Gasteiger partial charge in [-0.3, -0.25) is 9.36 Å². The molecule has 1 aromatic heterocycles. The largest absolute Gasteiger partial charge is 0.385 e. The lowest BCUT2D eigenvalue weighted by Crippen LogP contribution is -2.25. The first-order valence-corrected chi connectivity index (χ1v) is 5.48. The Kier molecular flexibility index (Phi) is 2.88. The second-order valence-electron chi connectivity index (χ2n) is 4.09. The summed E-state index contributed by atoms with van der Waals surface area (Å²) in [5, 5.41) is 1.53. The SMILES string of the molecule is C#CCC(C)n1c(N)cc2ccccc2c1=O. The molecule has 0 fully saturated rings. The van der Waals surface area contributed by atoms with Gasteiger partial charge >= 0.3 is 0 Å². The summed E-state index contributed by atoms with van der Waals surface area (Å²) in [6, 6.07) is 9.13. The van der Waals surface area contributed by atoms with Crippen LogP contribution in [0.5, 0.6) is 0 Å². The number of aromatic nitrogens is 1. The number of nitrogens with two attached hydrogens (primary N) is 1. The van der Waals surface area contributed by atoms with Crippen molar-refractivity contribution in [2.45, 2.75) is 19.4 Å². The Balaban J connectivity index is 2.73. The van der Waals surface area contributed by atoms with Crippen LogP contribution >= 0.6 is 0 Å². The first-order chi connectivity index (χ1) is 8.15. The summed E-state index contributed by atoms with van der Waals surface area (Å²) >= 11 is 0. The van der Waals surface area contributed by atoms with Crippen LogP contribution in [0, 0.1) is 12.3 Å². The summed E-state index contributed by atoms with van der Waals surface area (Å²) in [6.45, 7) is 1.90. The Morgan fingerprint density at radius 2 is 2.18 bits per heavy atom. The molecule has 3 nitrogen and oxygen atoms in total. The van der Waals surface area contributed by atoms with Crippen LogP contribution in [0.2, 0.25) is 0 Å². The quantitative estimate of drug-likeness (QED) is 0.798. The van der Waals surface area contributed by atoms with Crippen LogP contribution in [-0.2, 0) is 0 Å². The molecule has 0 saturated heterocycles. The third-order valence-electron chi connectivity index (χ3n) is 2.85. The van der Waals surface area contributed by atoms with Crippen molar-refractivity contribution in [3.8, 4) is 12.3 Å². The fourth-order valence-electron chi connectivity index (χ4n) is 2.01. The van der Waals surface area contributed by atoms with Gasteiger partial charge in [-0.1, -0.05) is 18.2 Å². The lowest BCUT2D eigenvalue weighted by Gasteiger charge is -2.16. The number of nitrogen functional groups attached to an aromatic ring is 1. The molecule has 86 valence electrons. The molecule has 17 heavy (non-hydrogen) atoms. The molecular weight excluding hydrogens is 212 g/mol. The first-order valence-electron chi connectivity index (χ1n) is 5.48. The van der Waals surface area contributed by atoms with Crippen LogP contribution in [0.1, 0.15) is 19.4 Å². The number of anilines is 1. The normalized spacial score (nSPS) is 12.2. The molecule has 2 rings (SSSR count). The van der Waals surface area contributed by atoms with Crippen molar-refractivity contribution < 1.29 is 0 Å². The molecule has 1 aromatic carbocycles. The number of hydrogen-bond acceptors (Lipinski definition) is 2. The molecule has 1 atom stereocenters. The van der Waals surface area contributed by atoms with Crippen LogP contribution in [0.3, 0.4) is 0 Å². The maximum Gasteiger partial charge on any atom is 0.260 e. The number of pyridine rings is 1. The van der Waals surface area contributed by atoms with E-state index in [1.807, 2.05) is 31.2 Å². The zero-order valence-corrected chi connectivity index (χ0v) is 9.68. The van der Waals surface area contributed by atoms with E-state index in [4.69, 9.17) is 12.2 Å². The second-order valence-corrected chi connectivity index (χ2v) is 4.09. The molecule has 1 heterocycles. The van der Waals surface area contributed by atoms with Crippen molar-refractivity contribution in [3.63, 3.8) is 0 Å². The van der Waals surface area contributed by atoms with Gasteiger partial charge in [0.05, 0.1) is 0 Å². The zero-order chi connectivity index (χ0) is 12.4. The highest BCUT2D eigenvalue weighted by Gasteiger charge is 2.11. The minimum atomic E-state index is -0.0860. The van der Waals surface area contributed by atoms with Crippen molar-refractivity contribution >= 4 is 16.6 Å². The van der Waals surface area contributed by atoms with Crippen LogP contribution in [0.4, 0.5) is 5.82 Å². The molecule has 0 radical (unpaired) electrons. The topological polar surface area (TPSA) is 48.0 Å². The maximum atomic E-state index is 12.3. The molecular formula is C14H14N2O. The van der Waals surface area contributed by atoms with Crippen molar-refractivity contribution in [1.82, 2.24) is 4.57 Å². The van der Waals surface area contributed by atoms with Crippen molar-refractivity contribution in [3.05, 3.63) is 40.7 Å². The van der Waals surface area contributed by atoms with Crippen LogP contribution < -0.4 is 11.3 Å². The Morgan fingerprint density at radius 1 is 1.47 bits per heavy atom. The lowest BCUT2D eigenvalue weighted by atomic mass is 10.1. The monoisotopic (exact) mass is 226 g/mol. The highest BCUT2D eigenvalue weighted by atomic mass is 16.1. The van der Waals surface area contributed by atoms with Gasteiger partial charge in [-0.05, 0) is 24.4 Å². The fourth-order valence-corrected chi connectivity index (χ4v) is 2.01. The van der Waals surface area contributed by atoms with Crippen LogP contribution in [0.15, 0.2) is 35.1 Å². The van der Waals surface area contributed by atoms with Gasteiger partial charge in [0.1, 0.15) is 5.82 Å². The summed E-state index contributed by atoms with van der Waals surface area (Å²) in [4.78, 5) is 12.3. The van der Waals surface area contributed by atoms with E-state index < -0.39 is 0 Å². The Morgan fingerprint density at radius 3 is 2.88 bits per heavy atom. The van der Waals surface area contributed by atoms with Gasteiger partial charge in [0.2, 0.25) is 0 Å². The molecule has 1 unspecified atom stereocenters. The molecule has 0 aliphatic heterocycles. The molecule has 0 aliphatic rings. The maximum absolute atomic E-state index is 12.3. The van der Waals surface area contributed by atoms with Gasteiger partial charge in [0.15, 0.2) is 0 Å². The number of terminal acetylenes is 1. The molecule has 2 N–H and O–H groups in total. The molecule has 3 heteroatoms. The van der Waals surface area contributed by atoms with E-state index in [9.17, 15) is 4.79 Å². The Bertz CT molecular complexity index is 649. The van der Waals surface area contributed by atoms with Gasteiger partial charge in [-0.25, -0.2) is 0 Å². The lowest BCUT2D eigenvalue weighted by molar-refractivity contribution is 0.555. The van der Waals surface area contributed by atoms with E-state index >= 15 is 0 Å². The van der Waals surface area contributed by atoms with E-state index in [1.54, 1.807) is 10.6 Å². The van der Waals surface area contributed by atoms with E-state index in [-0.39, 0.29) is 11.6 Å². The van der Waals surface area contributed by atoms with Gasteiger partial charge in [-0.15, -0.1) is 12.3 Å². The second kappa shape index (κ2) is 4.34. The summed E-state index contributed by atoms with van der Waals surface area (Å²) in [7, 11) is 0. The molecule has 0 aliphatic carbocycles. The number of nitrogens with zero attached hydrogens (tertiary/aromatic N) is 1. The summed E-state index contributed by atoms with van der Waals surface area (Å²) in [5.41, 5.74) is 5.83. The third kappa shape index (κ3) is 1.90.